The molecule has 1 fully saturated rings. The van der Waals surface area contributed by atoms with E-state index >= 15 is 0 Å². The van der Waals surface area contributed by atoms with Gasteiger partial charge in [-0.3, -0.25) is 4.79 Å². The molecule has 1 unspecified atom stereocenters. The van der Waals surface area contributed by atoms with E-state index in [0.29, 0.717) is 6.04 Å². The molecule has 1 atom stereocenters. The van der Waals surface area contributed by atoms with Gasteiger partial charge < -0.3 is 14.9 Å². The van der Waals surface area contributed by atoms with Crippen LogP contribution in [0.1, 0.15) is 44.3 Å². The first-order valence-electron chi connectivity index (χ1n) is 7.81. The highest BCUT2D eigenvalue weighted by Crippen LogP contribution is 2.38. The molecule has 1 aliphatic heterocycles. The van der Waals surface area contributed by atoms with Crippen LogP contribution < -0.4 is 9.80 Å². The average Bonchev–Trinajstić information content (AvgIpc) is 2.72. The smallest absolute Gasteiger partial charge is 0.260 e. The average molecular weight is 288 g/mol. The van der Waals surface area contributed by atoms with Crippen molar-refractivity contribution >= 4 is 17.3 Å². The highest BCUT2D eigenvalue weighted by Gasteiger charge is 2.34. The molecule has 21 heavy (non-hydrogen) atoms. The van der Waals surface area contributed by atoms with Crippen molar-refractivity contribution in [2.45, 2.75) is 44.8 Å². The first-order chi connectivity index (χ1) is 9.99. The summed E-state index contributed by atoms with van der Waals surface area (Å²) in [6, 6.07) is 6.51. The van der Waals surface area contributed by atoms with Crippen LogP contribution in [0.3, 0.4) is 0 Å². The molecular weight excluding hydrogens is 264 g/mol. The summed E-state index contributed by atoms with van der Waals surface area (Å²) in [5, 5.41) is 9.92. The molecule has 2 aliphatic rings. The second-order valence-corrected chi connectivity index (χ2v) is 6.57. The van der Waals surface area contributed by atoms with E-state index in [4.69, 9.17) is 0 Å². The molecule has 3 rings (SSSR count). The number of amides is 1. The topological polar surface area (TPSA) is 43.8 Å². The normalized spacial score (nSPS) is 28.7. The van der Waals surface area contributed by atoms with Gasteiger partial charge >= 0.3 is 0 Å². The Bertz CT molecular complexity index is 550. The Morgan fingerprint density at radius 3 is 2.57 bits per heavy atom. The SMILES string of the molecule is CC1CCC(N(C)c2ccc3c(c2)N(C)C(=O)C3O)CC1. The predicted molar refractivity (Wildman–Crippen MR) is 84.6 cm³/mol. The van der Waals surface area contributed by atoms with Gasteiger partial charge in [0.1, 0.15) is 0 Å². The predicted octanol–water partition coefficient (Wildman–Crippen LogP) is 2.71. The largest absolute Gasteiger partial charge is 0.378 e. The fourth-order valence-corrected chi connectivity index (χ4v) is 3.55. The van der Waals surface area contributed by atoms with Crippen molar-refractivity contribution in [1.29, 1.82) is 0 Å². The number of aliphatic hydroxyl groups is 1. The zero-order chi connectivity index (χ0) is 15.1. The minimum atomic E-state index is -1.00. The van der Waals surface area contributed by atoms with Crippen LogP contribution in [0.5, 0.6) is 0 Å². The molecule has 0 aromatic heterocycles. The van der Waals surface area contributed by atoms with Gasteiger partial charge in [-0.1, -0.05) is 13.0 Å². The second-order valence-electron chi connectivity index (χ2n) is 6.57. The zero-order valence-electron chi connectivity index (χ0n) is 13.0. The number of nitrogens with zero attached hydrogens (tertiary/aromatic N) is 2. The van der Waals surface area contributed by atoms with Crippen LogP contribution >= 0.6 is 0 Å². The van der Waals surface area contributed by atoms with E-state index in [1.54, 1.807) is 11.9 Å². The lowest BCUT2D eigenvalue weighted by atomic mass is 9.86. The van der Waals surface area contributed by atoms with Crippen LogP contribution in [-0.4, -0.2) is 31.2 Å². The molecule has 4 nitrogen and oxygen atoms in total. The van der Waals surface area contributed by atoms with E-state index in [9.17, 15) is 9.90 Å². The van der Waals surface area contributed by atoms with Crippen molar-refractivity contribution in [3.63, 3.8) is 0 Å². The van der Waals surface area contributed by atoms with E-state index in [1.165, 1.54) is 25.7 Å². The lowest BCUT2D eigenvalue weighted by Crippen LogP contribution is -2.34. The van der Waals surface area contributed by atoms with Gasteiger partial charge in [0.05, 0.1) is 5.69 Å². The first kappa shape index (κ1) is 14.4. The third kappa shape index (κ3) is 2.42. The van der Waals surface area contributed by atoms with Crippen molar-refractivity contribution in [2.24, 2.45) is 5.92 Å². The first-order valence-corrected chi connectivity index (χ1v) is 7.81. The van der Waals surface area contributed by atoms with Crippen LogP contribution in [0.15, 0.2) is 18.2 Å². The molecular formula is C17H24N2O2. The van der Waals surface area contributed by atoms with E-state index in [2.05, 4.69) is 18.9 Å². The van der Waals surface area contributed by atoms with Gasteiger partial charge in [-0.2, -0.15) is 0 Å². The monoisotopic (exact) mass is 288 g/mol. The maximum Gasteiger partial charge on any atom is 0.260 e. The fourth-order valence-electron chi connectivity index (χ4n) is 3.55. The summed E-state index contributed by atoms with van der Waals surface area (Å²) in [7, 11) is 3.86. The number of carbonyl (C=O) groups excluding carboxylic acids is 1. The Balaban J connectivity index is 1.83. The number of fused-ring (bicyclic) bond motifs is 1. The maximum absolute atomic E-state index is 11.8. The molecule has 1 N–H and O–H groups in total. The van der Waals surface area contributed by atoms with E-state index in [-0.39, 0.29) is 5.91 Å². The van der Waals surface area contributed by atoms with Crippen LogP contribution in [0.4, 0.5) is 11.4 Å². The van der Waals surface area contributed by atoms with Crippen molar-refractivity contribution in [1.82, 2.24) is 0 Å². The second kappa shape index (κ2) is 5.34. The molecule has 1 saturated carbocycles. The standard InChI is InChI=1S/C17H24N2O2/c1-11-4-6-12(7-5-11)18(2)13-8-9-14-15(10-13)19(3)17(21)16(14)20/h8-12,16,20H,4-7H2,1-3H3. The molecule has 1 heterocycles. The third-order valence-corrected chi connectivity index (χ3v) is 5.17. The lowest BCUT2D eigenvalue weighted by molar-refractivity contribution is -0.125. The number of benzene rings is 1. The van der Waals surface area contributed by atoms with Crippen LogP contribution in [0.2, 0.25) is 0 Å². The van der Waals surface area contributed by atoms with Crippen LogP contribution in [-0.2, 0) is 4.79 Å². The number of hydrogen-bond acceptors (Lipinski definition) is 3. The zero-order valence-corrected chi connectivity index (χ0v) is 13.0. The minimum absolute atomic E-state index is 0.240. The summed E-state index contributed by atoms with van der Waals surface area (Å²) < 4.78 is 0. The fraction of sp³-hybridized carbons (Fsp3) is 0.588. The number of anilines is 2. The Morgan fingerprint density at radius 1 is 1.24 bits per heavy atom. The highest BCUT2D eigenvalue weighted by atomic mass is 16.3. The summed E-state index contributed by atoms with van der Waals surface area (Å²) in [6.07, 6.45) is 4.03. The summed E-state index contributed by atoms with van der Waals surface area (Å²) in [5.41, 5.74) is 2.68. The number of likely N-dealkylation sites (N-methyl/N-ethyl adjacent to an activating group) is 1. The quantitative estimate of drug-likeness (QED) is 0.910. The Kier molecular flexibility index (Phi) is 3.66. The van der Waals surface area contributed by atoms with E-state index in [0.717, 1.165) is 22.9 Å². The number of carbonyl (C=O) groups is 1. The van der Waals surface area contributed by atoms with Crippen molar-refractivity contribution in [3.05, 3.63) is 23.8 Å². The summed E-state index contributed by atoms with van der Waals surface area (Å²) in [5.74, 6) is 0.602. The number of hydrogen-bond donors (Lipinski definition) is 1. The Morgan fingerprint density at radius 2 is 1.90 bits per heavy atom. The molecule has 0 spiro atoms. The van der Waals surface area contributed by atoms with Gasteiger partial charge in [-0.05, 0) is 43.7 Å². The van der Waals surface area contributed by atoms with Gasteiger partial charge in [-0.15, -0.1) is 0 Å². The van der Waals surface area contributed by atoms with Crippen LogP contribution in [0.25, 0.3) is 0 Å². The third-order valence-electron chi connectivity index (χ3n) is 5.17. The lowest BCUT2D eigenvalue weighted by Gasteiger charge is -2.35. The molecule has 1 aromatic rings. The Labute approximate surface area is 126 Å². The van der Waals surface area contributed by atoms with E-state index < -0.39 is 6.10 Å². The Hall–Kier alpha value is -1.55. The molecule has 1 aliphatic carbocycles. The summed E-state index contributed by atoms with van der Waals surface area (Å²) in [4.78, 5) is 15.7. The van der Waals surface area contributed by atoms with Gasteiger partial charge in [0.25, 0.3) is 5.91 Å². The minimum Gasteiger partial charge on any atom is -0.378 e. The molecule has 114 valence electrons. The summed E-state index contributed by atoms with van der Waals surface area (Å²) in [6.45, 7) is 2.33. The van der Waals surface area contributed by atoms with Crippen molar-refractivity contribution < 1.29 is 9.90 Å². The molecule has 0 radical (unpaired) electrons. The summed E-state index contributed by atoms with van der Waals surface area (Å²) >= 11 is 0. The van der Waals surface area contributed by atoms with Gasteiger partial charge in [0, 0.05) is 31.4 Å². The number of rotatable bonds is 2. The van der Waals surface area contributed by atoms with Gasteiger partial charge in [-0.25, -0.2) is 0 Å². The van der Waals surface area contributed by atoms with Gasteiger partial charge in [0.2, 0.25) is 0 Å². The van der Waals surface area contributed by atoms with Crippen molar-refractivity contribution in [3.8, 4) is 0 Å². The van der Waals surface area contributed by atoms with Crippen molar-refractivity contribution in [2.75, 3.05) is 23.9 Å². The molecule has 1 amide bonds. The van der Waals surface area contributed by atoms with Crippen LogP contribution in [0, 0.1) is 5.92 Å². The molecule has 1 aromatic carbocycles. The molecule has 0 saturated heterocycles. The molecule has 4 heteroatoms. The van der Waals surface area contributed by atoms with E-state index in [1.807, 2.05) is 18.2 Å². The highest BCUT2D eigenvalue weighted by molar-refractivity contribution is 6.03. The van der Waals surface area contributed by atoms with Gasteiger partial charge in [0.15, 0.2) is 6.10 Å². The maximum atomic E-state index is 11.8. The molecule has 0 bridgehead atoms. The number of aliphatic hydroxyl groups excluding tert-OH is 1.